The van der Waals surface area contributed by atoms with Gasteiger partial charge in [0.2, 0.25) is 0 Å². The Balaban J connectivity index is 1.17. The molecular formula is C24H36N2O3. The molecule has 1 aromatic rings. The van der Waals surface area contributed by atoms with Gasteiger partial charge in [0.15, 0.2) is 6.61 Å². The molecule has 0 radical (unpaired) electrons. The zero-order chi connectivity index (χ0) is 20.1. The number of fused-ring (bicyclic) bond motifs is 2. The smallest absolute Gasteiger partial charge is 0.258 e. The number of rotatable bonds is 7. The van der Waals surface area contributed by atoms with E-state index in [9.17, 15) is 9.90 Å². The fourth-order valence-corrected chi connectivity index (χ4v) is 5.51. The quantitative estimate of drug-likeness (QED) is 0.739. The third-order valence-corrected chi connectivity index (χ3v) is 7.09. The number of hydrogen-bond acceptors (Lipinski definition) is 4. The largest absolute Gasteiger partial charge is 0.483 e. The van der Waals surface area contributed by atoms with Gasteiger partial charge in [0.25, 0.3) is 5.91 Å². The number of carbonyl (C=O) groups excluding carboxylic acids is 1. The Bertz CT molecular complexity index is 693. The lowest BCUT2D eigenvalue weighted by Crippen LogP contribution is -2.47. The minimum Gasteiger partial charge on any atom is -0.483 e. The zero-order valence-corrected chi connectivity index (χ0v) is 17.6. The first-order valence-corrected chi connectivity index (χ1v) is 11.6. The number of β-amino-alcohol motifs (C(OH)–C–C–N with tert-alkyl or cyclic N) is 1. The highest BCUT2D eigenvalue weighted by Crippen LogP contribution is 2.36. The van der Waals surface area contributed by atoms with E-state index in [-0.39, 0.29) is 12.5 Å². The molecule has 0 aromatic heterocycles. The molecule has 2 N–H and O–H groups in total. The lowest BCUT2D eigenvalue weighted by molar-refractivity contribution is -0.123. The molecule has 3 aliphatic rings. The van der Waals surface area contributed by atoms with E-state index in [1.165, 1.54) is 56.1 Å². The number of nitrogens with zero attached hydrogens (tertiary/aromatic N) is 1. The molecular weight excluding hydrogens is 364 g/mol. The Labute approximate surface area is 174 Å². The van der Waals surface area contributed by atoms with Crippen LogP contribution in [0.15, 0.2) is 18.2 Å². The normalized spacial score (nSPS) is 25.6. The van der Waals surface area contributed by atoms with Gasteiger partial charge in [-0.2, -0.15) is 0 Å². The van der Waals surface area contributed by atoms with Crippen molar-refractivity contribution in [3.05, 3.63) is 29.3 Å². The molecule has 5 heteroatoms. The van der Waals surface area contributed by atoms with Gasteiger partial charge in [-0.3, -0.25) is 4.79 Å². The van der Waals surface area contributed by atoms with Gasteiger partial charge < -0.3 is 20.1 Å². The Kier molecular flexibility index (Phi) is 7.09. The number of hydrogen-bond donors (Lipinski definition) is 2. The summed E-state index contributed by atoms with van der Waals surface area (Å²) in [7, 11) is 0. The first-order valence-electron chi connectivity index (χ1n) is 11.6. The third-order valence-electron chi connectivity index (χ3n) is 7.09. The third kappa shape index (κ3) is 5.52. The predicted octanol–water partition coefficient (Wildman–Crippen LogP) is 2.93. The lowest BCUT2D eigenvalue weighted by Gasteiger charge is -2.41. The summed E-state index contributed by atoms with van der Waals surface area (Å²) >= 11 is 0. The minimum atomic E-state index is -0.524. The molecule has 1 amide bonds. The average molecular weight is 401 g/mol. The molecule has 1 saturated heterocycles. The summed E-state index contributed by atoms with van der Waals surface area (Å²) in [6, 6.07) is 6.13. The number of nitrogens with one attached hydrogen (secondary N) is 1. The number of piperidine rings is 1. The molecule has 3 unspecified atom stereocenters. The van der Waals surface area contributed by atoms with E-state index in [0.717, 1.165) is 43.5 Å². The van der Waals surface area contributed by atoms with Crippen LogP contribution in [0.1, 0.15) is 56.1 Å². The van der Waals surface area contributed by atoms with E-state index < -0.39 is 6.10 Å². The van der Waals surface area contributed by atoms with E-state index in [2.05, 4.69) is 16.3 Å². The van der Waals surface area contributed by atoms with Crippen LogP contribution < -0.4 is 10.1 Å². The van der Waals surface area contributed by atoms with Gasteiger partial charge in [-0.15, -0.1) is 0 Å². The molecule has 0 bridgehead atoms. The fourth-order valence-electron chi connectivity index (χ4n) is 5.51. The Morgan fingerprint density at radius 1 is 1.14 bits per heavy atom. The van der Waals surface area contributed by atoms with Crippen LogP contribution in [0.3, 0.4) is 0 Å². The first-order chi connectivity index (χ1) is 14.2. The molecule has 2 aliphatic carbocycles. The molecule has 0 spiro atoms. The van der Waals surface area contributed by atoms with E-state index in [1.54, 1.807) is 0 Å². The van der Waals surface area contributed by atoms with E-state index in [4.69, 9.17) is 4.74 Å². The molecule has 1 saturated carbocycles. The number of aryl methyl sites for hydroxylation is 1. The van der Waals surface area contributed by atoms with Crippen LogP contribution >= 0.6 is 0 Å². The zero-order valence-electron chi connectivity index (χ0n) is 17.6. The maximum atomic E-state index is 12.2. The molecule has 1 heterocycles. The topological polar surface area (TPSA) is 61.8 Å². The van der Waals surface area contributed by atoms with Gasteiger partial charge in [0, 0.05) is 19.6 Å². The first kappa shape index (κ1) is 20.7. The summed E-state index contributed by atoms with van der Waals surface area (Å²) in [6.07, 6.45) is 10.8. The van der Waals surface area contributed by atoms with E-state index in [1.807, 2.05) is 12.1 Å². The van der Waals surface area contributed by atoms with Crippen molar-refractivity contribution < 1.29 is 14.6 Å². The van der Waals surface area contributed by atoms with E-state index in [0.29, 0.717) is 13.1 Å². The molecule has 29 heavy (non-hydrogen) atoms. The summed E-state index contributed by atoms with van der Waals surface area (Å²) in [5, 5.41) is 13.2. The molecule has 1 aromatic carbocycles. The number of aliphatic hydroxyl groups is 1. The Morgan fingerprint density at radius 2 is 1.97 bits per heavy atom. The van der Waals surface area contributed by atoms with Crippen molar-refractivity contribution in [2.24, 2.45) is 11.8 Å². The molecule has 2 fully saturated rings. The average Bonchev–Trinajstić information content (AvgIpc) is 2.76. The van der Waals surface area contributed by atoms with Crippen molar-refractivity contribution in [2.75, 3.05) is 32.8 Å². The van der Waals surface area contributed by atoms with Crippen molar-refractivity contribution in [1.82, 2.24) is 10.2 Å². The highest BCUT2D eigenvalue weighted by molar-refractivity contribution is 5.77. The number of likely N-dealkylation sites (tertiary alicyclic amines) is 1. The van der Waals surface area contributed by atoms with Crippen LogP contribution in [-0.2, 0) is 17.6 Å². The highest BCUT2D eigenvalue weighted by Gasteiger charge is 2.31. The van der Waals surface area contributed by atoms with Crippen LogP contribution in [0.25, 0.3) is 0 Å². The predicted molar refractivity (Wildman–Crippen MR) is 114 cm³/mol. The number of amides is 1. The van der Waals surface area contributed by atoms with Crippen molar-refractivity contribution >= 4 is 5.91 Å². The van der Waals surface area contributed by atoms with Gasteiger partial charge in [0.1, 0.15) is 5.75 Å². The van der Waals surface area contributed by atoms with Crippen molar-refractivity contribution in [1.29, 1.82) is 0 Å². The van der Waals surface area contributed by atoms with Crippen molar-refractivity contribution in [3.63, 3.8) is 0 Å². The maximum absolute atomic E-state index is 12.2. The second kappa shape index (κ2) is 9.94. The number of benzene rings is 1. The van der Waals surface area contributed by atoms with Gasteiger partial charge in [-0.1, -0.05) is 31.4 Å². The van der Waals surface area contributed by atoms with Crippen molar-refractivity contribution in [3.8, 4) is 5.75 Å². The lowest BCUT2D eigenvalue weighted by atomic mass is 9.75. The molecule has 160 valence electrons. The molecule has 3 atom stereocenters. The Hall–Kier alpha value is -1.59. The van der Waals surface area contributed by atoms with Gasteiger partial charge in [0.05, 0.1) is 6.10 Å². The molecule has 1 aliphatic heterocycles. The summed E-state index contributed by atoms with van der Waals surface area (Å²) < 4.78 is 5.80. The fraction of sp³-hybridized carbons (Fsp3) is 0.708. The summed E-state index contributed by atoms with van der Waals surface area (Å²) in [6.45, 7) is 3.14. The maximum Gasteiger partial charge on any atom is 0.258 e. The second-order valence-electron chi connectivity index (χ2n) is 9.20. The van der Waals surface area contributed by atoms with Crippen LogP contribution in [0, 0.1) is 11.8 Å². The van der Waals surface area contributed by atoms with E-state index >= 15 is 0 Å². The van der Waals surface area contributed by atoms with Crippen LogP contribution in [0.2, 0.25) is 0 Å². The number of carbonyl (C=O) groups is 1. The molecule has 5 nitrogen and oxygen atoms in total. The van der Waals surface area contributed by atoms with Gasteiger partial charge >= 0.3 is 0 Å². The second-order valence-corrected chi connectivity index (χ2v) is 9.20. The SMILES string of the molecule is O=C(COc1cccc2c1CCCC2)NCC(O)CN1CCC2CCCCC2C1. The number of ether oxygens (including phenoxy) is 1. The monoisotopic (exact) mass is 400 g/mol. The van der Waals surface area contributed by atoms with Crippen molar-refractivity contribution in [2.45, 2.75) is 63.9 Å². The highest BCUT2D eigenvalue weighted by atomic mass is 16.5. The molecule has 4 rings (SSSR count). The summed E-state index contributed by atoms with van der Waals surface area (Å²) in [5.41, 5.74) is 2.61. The summed E-state index contributed by atoms with van der Waals surface area (Å²) in [5.74, 6) is 2.39. The minimum absolute atomic E-state index is 0.0106. The van der Waals surface area contributed by atoms with Crippen LogP contribution in [-0.4, -0.2) is 54.8 Å². The summed E-state index contributed by atoms with van der Waals surface area (Å²) in [4.78, 5) is 14.6. The van der Waals surface area contributed by atoms with Crippen LogP contribution in [0.5, 0.6) is 5.75 Å². The van der Waals surface area contributed by atoms with Crippen LogP contribution in [0.4, 0.5) is 0 Å². The van der Waals surface area contributed by atoms with Gasteiger partial charge in [-0.05, 0) is 74.1 Å². The van der Waals surface area contributed by atoms with Gasteiger partial charge in [-0.25, -0.2) is 0 Å². The number of aliphatic hydroxyl groups excluding tert-OH is 1. The Morgan fingerprint density at radius 3 is 2.86 bits per heavy atom. The standard InChI is InChI=1S/C24H36N2O3/c27-21(16-26-13-12-18-6-1-2-8-20(18)15-26)14-25-24(28)17-29-23-11-5-9-19-7-3-4-10-22(19)23/h5,9,11,18,20-21,27H,1-4,6-8,10,12-17H2,(H,25,28).